The van der Waals surface area contributed by atoms with E-state index in [4.69, 9.17) is 9.73 Å². The third-order valence-electron chi connectivity index (χ3n) is 5.41. The minimum Gasteiger partial charge on any atom is -0.377 e. The first-order chi connectivity index (χ1) is 11.4. The lowest BCUT2D eigenvalue weighted by Gasteiger charge is -2.54. The van der Waals surface area contributed by atoms with E-state index >= 15 is 0 Å². The molecule has 2 N–H and O–H groups in total. The molecule has 1 aromatic rings. The highest BCUT2D eigenvalue weighted by Crippen LogP contribution is 2.52. The van der Waals surface area contributed by atoms with Crippen molar-refractivity contribution in [3.05, 3.63) is 15.6 Å². The van der Waals surface area contributed by atoms with Crippen molar-refractivity contribution >= 4 is 41.3 Å². The molecule has 1 saturated carbocycles. The number of hydrogen-bond acceptors (Lipinski definition) is 4. The first-order valence-electron chi connectivity index (χ1n) is 9.02. The van der Waals surface area contributed by atoms with Gasteiger partial charge in [-0.25, -0.2) is 4.98 Å². The zero-order valence-electron chi connectivity index (χ0n) is 15.9. The summed E-state index contributed by atoms with van der Waals surface area (Å²) in [4.78, 5) is 10.7. The fourth-order valence-corrected chi connectivity index (χ4v) is 4.92. The number of rotatable bonds is 5. The zero-order valence-corrected chi connectivity index (χ0v) is 19.0. The van der Waals surface area contributed by atoms with Crippen LogP contribution < -0.4 is 10.6 Å². The van der Waals surface area contributed by atoms with Gasteiger partial charge in [-0.15, -0.1) is 35.3 Å². The summed E-state index contributed by atoms with van der Waals surface area (Å²) in [5, 5.41) is 8.22. The van der Waals surface area contributed by atoms with E-state index in [1.807, 2.05) is 0 Å². The van der Waals surface area contributed by atoms with E-state index in [9.17, 15) is 0 Å². The summed E-state index contributed by atoms with van der Waals surface area (Å²) in [6, 6.07) is 0.437. The number of aryl methyl sites for hydroxylation is 2. The molecule has 1 aliphatic carbocycles. The molecular weight excluding hydrogens is 447 g/mol. The molecule has 3 atom stereocenters. The molecule has 7 heteroatoms. The Morgan fingerprint density at radius 3 is 2.80 bits per heavy atom. The van der Waals surface area contributed by atoms with Gasteiger partial charge in [-0.05, 0) is 27.2 Å². The normalized spacial score (nSPS) is 27.2. The molecule has 25 heavy (non-hydrogen) atoms. The molecule has 3 unspecified atom stereocenters. The highest BCUT2D eigenvalue weighted by Gasteiger charge is 2.59. The van der Waals surface area contributed by atoms with Crippen molar-refractivity contribution in [1.82, 2.24) is 15.6 Å². The van der Waals surface area contributed by atoms with Crippen molar-refractivity contribution in [2.24, 2.45) is 16.3 Å². The van der Waals surface area contributed by atoms with E-state index in [0.717, 1.165) is 44.2 Å². The van der Waals surface area contributed by atoms with Crippen LogP contribution in [0.4, 0.5) is 0 Å². The highest BCUT2D eigenvalue weighted by molar-refractivity contribution is 14.0. The second-order valence-corrected chi connectivity index (χ2v) is 8.73. The van der Waals surface area contributed by atoms with Gasteiger partial charge in [0.2, 0.25) is 0 Å². The Hall–Kier alpha value is -0.410. The maximum Gasteiger partial charge on any atom is 0.191 e. The molecule has 1 aliphatic heterocycles. The third kappa shape index (κ3) is 4.30. The van der Waals surface area contributed by atoms with Crippen LogP contribution in [0.5, 0.6) is 0 Å². The maximum absolute atomic E-state index is 5.88. The fourth-order valence-electron chi connectivity index (χ4n) is 3.99. The average Bonchev–Trinajstić information content (AvgIpc) is 3.10. The van der Waals surface area contributed by atoms with Crippen molar-refractivity contribution in [3.8, 4) is 0 Å². The van der Waals surface area contributed by atoms with Crippen molar-refractivity contribution in [2.45, 2.75) is 59.6 Å². The van der Waals surface area contributed by atoms with Gasteiger partial charge < -0.3 is 15.4 Å². The number of fused-ring (bicyclic) bond motifs is 1. The Morgan fingerprint density at radius 2 is 2.16 bits per heavy atom. The number of ether oxygens (including phenoxy) is 1. The van der Waals surface area contributed by atoms with Crippen LogP contribution in [0.25, 0.3) is 0 Å². The number of guanidine groups is 1. The predicted octanol–water partition coefficient (Wildman–Crippen LogP) is 3.29. The summed E-state index contributed by atoms with van der Waals surface area (Å²) < 4.78 is 5.88. The molecule has 1 saturated heterocycles. The van der Waals surface area contributed by atoms with E-state index in [0.29, 0.717) is 18.1 Å². The Morgan fingerprint density at radius 1 is 1.40 bits per heavy atom. The maximum atomic E-state index is 5.88. The van der Waals surface area contributed by atoms with E-state index < -0.39 is 0 Å². The van der Waals surface area contributed by atoms with Crippen LogP contribution in [-0.4, -0.2) is 42.8 Å². The van der Waals surface area contributed by atoms with Gasteiger partial charge in [-0.1, -0.05) is 13.8 Å². The first-order valence-corrected chi connectivity index (χ1v) is 9.84. The fraction of sp³-hybridized carbons (Fsp3) is 0.778. The summed E-state index contributed by atoms with van der Waals surface area (Å²) >= 11 is 1.78. The molecular formula is C18H31IN4OS. The van der Waals surface area contributed by atoms with E-state index in [-0.39, 0.29) is 29.4 Å². The van der Waals surface area contributed by atoms with E-state index in [1.54, 1.807) is 11.3 Å². The topological polar surface area (TPSA) is 58.5 Å². The lowest BCUT2D eigenvalue weighted by Crippen LogP contribution is -2.68. The van der Waals surface area contributed by atoms with Crippen molar-refractivity contribution in [1.29, 1.82) is 0 Å². The van der Waals surface area contributed by atoms with Crippen molar-refractivity contribution in [2.75, 3.05) is 19.7 Å². The van der Waals surface area contributed by atoms with Gasteiger partial charge in [0, 0.05) is 48.4 Å². The van der Waals surface area contributed by atoms with Crippen molar-refractivity contribution < 1.29 is 4.74 Å². The molecule has 0 radical (unpaired) electrons. The Balaban J connectivity index is 0.00000225. The molecule has 5 nitrogen and oxygen atoms in total. The van der Waals surface area contributed by atoms with E-state index in [1.165, 1.54) is 9.88 Å². The molecule has 142 valence electrons. The van der Waals surface area contributed by atoms with Crippen LogP contribution in [0.15, 0.2) is 4.99 Å². The Labute approximate surface area is 172 Å². The van der Waals surface area contributed by atoms with Gasteiger partial charge in [0.1, 0.15) is 0 Å². The first kappa shape index (κ1) is 20.9. The molecule has 0 spiro atoms. The van der Waals surface area contributed by atoms with Crippen LogP contribution in [-0.2, 0) is 11.2 Å². The van der Waals surface area contributed by atoms with Crippen LogP contribution in [0.3, 0.4) is 0 Å². The van der Waals surface area contributed by atoms with Crippen LogP contribution in [0.2, 0.25) is 0 Å². The molecule has 2 heterocycles. The Kier molecular flexibility index (Phi) is 7.12. The van der Waals surface area contributed by atoms with Gasteiger partial charge in [0.15, 0.2) is 5.96 Å². The highest BCUT2D eigenvalue weighted by atomic mass is 127. The monoisotopic (exact) mass is 478 g/mol. The summed E-state index contributed by atoms with van der Waals surface area (Å²) in [6.07, 6.45) is 2.46. The average molecular weight is 478 g/mol. The van der Waals surface area contributed by atoms with Crippen molar-refractivity contribution in [3.63, 3.8) is 0 Å². The minimum atomic E-state index is 0. The van der Waals surface area contributed by atoms with Gasteiger partial charge in [-0.3, -0.25) is 4.99 Å². The minimum absolute atomic E-state index is 0. The lowest BCUT2D eigenvalue weighted by molar-refractivity contribution is -0.106. The quantitative estimate of drug-likeness (QED) is 0.388. The number of hydrogen-bond donors (Lipinski definition) is 2. The van der Waals surface area contributed by atoms with Gasteiger partial charge in [0.05, 0.1) is 16.8 Å². The SMILES string of the molecule is CCNC(=NCCc1nc(C)c(C)s1)NC1C2CCOC2C1(C)C.I. The molecule has 3 rings (SSSR count). The Bertz CT molecular complexity index is 597. The molecule has 0 amide bonds. The molecule has 0 aromatic carbocycles. The number of aliphatic imine (C=N–C) groups is 1. The number of nitrogens with one attached hydrogen (secondary N) is 2. The number of nitrogens with zero attached hydrogens (tertiary/aromatic N) is 2. The molecule has 2 aliphatic rings. The summed E-state index contributed by atoms with van der Waals surface area (Å²) in [6.45, 7) is 13.4. The number of halogens is 1. The standard InChI is InChI=1S/C18H30N4OS.HI/c1-6-19-17(20-9-7-14-21-11(2)12(3)24-14)22-15-13-8-10-23-16(13)18(15,4)5;/h13,15-16H,6-10H2,1-5H3,(H2,19,20,22);1H. The van der Waals surface area contributed by atoms with Crippen LogP contribution in [0.1, 0.15) is 42.8 Å². The second kappa shape index (κ2) is 8.52. The smallest absolute Gasteiger partial charge is 0.191 e. The van der Waals surface area contributed by atoms with Gasteiger partial charge in [0.25, 0.3) is 0 Å². The van der Waals surface area contributed by atoms with Crippen LogP contribution >= 0.6 is 35.3 Å². The van der Waals surface area contributed by atoms with Crippen LogP contribution in [0, 0.1) is 25.2 Å². The van der Waals surface area contributed by atoms with Gasteiger partial charge in [-0.2, -0.15) is 0 Å². The number of aromatic nitrogens is 1. The lowest BCUT2D eigenvalue weighted by atomic mass is 9.57. The number of thiazole rings is 1. The third-order valence-corrected chi connectivity index (χ3v) is 6.54. The van der Waals surface area contributed by atoms with Gasteiger partial charge >= 0.3 is 0 Å². The molecule has 2 fully saturated rings. The van der Waals surface area contributed by atoms with E-state index in [2.05, 4.69) is 50.2 Å². The second-order valence-electron chi connectivity index (χ2n) is 7.45. The summed E-state index contributed by atoms with van der Waals surface area (Å²) in [7, 11) is 0. The summed E-state index contributed by atoms with van der Waals surface area (Å²) in [5.74, 6) is 1.54. The predicted molar refractivity (Wildman–Crippen MR) is 115 cm³/mol. The largest absolute Gasteiger partial charge is 0.377 e. The zero-order chi connectivity index (χ0) is 17.3. The summed E-state index contributed by atoms with van der Waals surface area (Å²) in [5.41, 5.74) is 1.31. The molecule has 1 aromatic heterocycles. The molecule has 0 bridgehead atoms.